The first kappa shape index (κ1) is 14.5. The largest absolute Gasteiger partial charge is 0.379 e. The molecule has 2 aromatic rings. The van der Waals surface area contributed by atoms with E-state index in [1.807, 2.05) is 6.20 Å². The Balaban J connectivity index is 2.01. The second-order valence-corrected chi connectivity index (χ2v) is 6.03. The lowest BCUT2D eigenvalue weighted by atomic mass is 10.3. The summed E-state index contributed by atoms with van der Waals surface area (Å²) < 4.78 is 27.6. The maximum atomic E-state index is 11.8. The van der Waals surface area contributed by atoms with Crippen LogP contribution in [-0.2, 0) is 23.6 Å². The van der Waals surface area contributed by atoms with Gasteiger partial charge in [-0.1, -0.05) is 12.1 Å². The molecule has 0 aliphatic heterocycles. The van der Waals surface area contributed by atoms with Gasteiger partial charge in [0.15, 0.2) is 0 Å². The van der Waals surface area contributed by atoms with E-state index in [1.54, 1.807) is 42.9 Å². The molecular weight excluding hydrogens is 278 g/mol. The van der Waals surface area contributed by atoms with Crippen molar-refractivity contribution in [1.82, 2.24) is 19.7 Å². The van der Waals surface area contributed by atoms with E-state index in [4.69, 9.17) is 0 Å². The van der Waals surface area contributed by atoms with E-state index in [-0.39, 0.29) is 4.90 Å². The molecule has 0 unspecified atom stereocenters. The molecule has 2 rings (SSSR count). The average Bonchev–Trinajstić information content (AvgIpc) is 2.83. The van der Waals surface area contributed by atoms with Crippen LogP contribution in [0.1, 0.15) is 12.6 Å². The summed E-state index contributed by atoms with van der Waals surface area (Å²) in [5.41, 5.74) is 1.64. The van der Waals surface area contributed by atoms with Crippen molar-refractivity contribution in [3.63, 3.8) is 0 Å². The molecule has 2 N–H and O–H groups in total. The lowest BCUT2D eigenvalue weighted by molar-refractivity contribution is 0.584. The first-order valence-electron chi connectivity index (χ1n) is 6.20. The van der Waals surface area contributed by atoms with Crippen LogP contribution in [0.25, 0.3) is 0 Å². The standard InChI is InChI=1S/C12H17N5O2S/c1-3-14-20(18,19)12-6-4-10(5-7-12)13-8-11-9-17(2)16-15-11/h4-7,9,13-14H,3,8H2,1-2H3. The first-order chi connectivity index (χ1) is 9.51. The summed E-state index contributed by atoms with van der Waals surface area (Å²) in [4.78, 5) is 0.254. The minimum absolute atomic E-state index is 0.254. The second-order valence-electron chi connectivity index (χ2n) is 4.26. The Morgan fingerprint density at radius 3 is 2.50 bits per heavy atom. The van der Waals surface area contributed by atoms with E-state index < -0.39 is 10.0 Å². The summed E-state index contributed by atoms with van der Waals surface area (Å²) in [6, 6.07) is 6.58. The van der Waals surface area contributed by atoms with Gasteiger partial charge in [0.2, 0.25) is 10.0 Å². The molecule has 0 spiro atoms. The van der Waals surface area contributed by atoms with Crippen LogP contribution < -0.4 is 10.0 Å². The number of rotatable bonds is 6. The number of nitrogens with one attached hydrogen (secondary N) is 2. The maximum absolute atomic E-state index is 11.8. The molecule has 0 aliphatic carbocycles. The number of aryl methyl sites for hydroxylation is 1. The minimum atomic E-state index is -3.39. The number of hydrogen-bond donors (Lipinski definition) is 2. The van der Waals surface area contributed by atoms with Crippen molar-refractivity contribution in [2.24, 2.45) is 7.05 Å². The van der Waals surface area contributed by atoms with Crippen LogP contribution >= 0.6 is 0 Å². The molecule has 0 atom stereocenters. The average molecular weight is 295 g/mol. The van der Waals surface area contributed by atoms with Gasteiger partial charge in [-0.3, -0.25) is 4.68 Å². The fourth-order valence-electron chi connectivity index (χ4n) is 1.69. The highest BCUT2D eigenvalue weighted by Crippen LogP contribution is 2.14. The molecule has 0 saturated heterocycles. The number of benzene rings is 1. The van der Waals surface area contributed by atoms with Crippen LogP contribution in [0.15, 0.2) is 35.4 Å². The summed E-state index contributed by atoms with van der Waals surface area (Å²) >= 11 is 0. The maximum Gasteiger partial charge on any atom is 0.240 e. The fourth-order valence-corrected chi connectivity index (χ4v) is 2.74. The van der Waals surface area contributed by atoms with E-state index in [9.17, 15) is 8.42 Å². The van der Waals surface area contributed by atoms with Gasteiger partial charge in [0.05, 0.1) is 11.4 Å². The third kappa shape index (κ3) is 3.55. The molecule has 8 heteroatoms. The molecule has 0 fully saturated rings. The minimum Gasteiger partial charge on any atom is -0.379 e. The molecule has 1 aromatic carbocycles. The van der Waals surface area contributed by atoms with Crippen LogP contribution in [0.4, 0.5) is 5.69 Å². The van der Waals surface area contributed by atoms with Crippen molar-refractivity contribution in [2.45, 2.75) is 18.4 Å². The molecular formula is C12H17N5O2S. The van der Waals surface area contributed by atoms with Crippen molar-refractivity contribution in [3.05, 3.63) is 36.2 Å². The van der Waals surface area contributed by atoms with Gasteiger partial charge in [-0.2, -0.15) is 0 Å². The number of nitrogens with zero attached hydrogens (tertiary/aromatic N) is 3. The molecule has 1 aromatic heterocycles. The summed E-state index contributed by atoms with van der Waals surface area (Å²) in [5, 5.41) is 10.9. The summed E-state index contributed by atoms with van der Waals surface area (Å²) in [7, 11) is -1.59. The monoisotopic (exact) mass is 295 g/mol. The SMILES string of the molecule is CCNS(=O)(=O)c1ccc(NCc2cn(C)nn2)cc1. The molecule has 1 heterocycles. The lowest BCUT2D eigenvalue weighted by Crippen LogP contribution is -2.23. The van der Waals surface area contributed by atoms with Crippen molar-refractivity contribution in [1.29, 1.82) is 0 Å². The van der Waals surface area contributed by atoms with Gasteiger partial charge in [-0.25, -0.2) is 13.1 Å². The van der Waals surface area contributed by atoms with E-state index in [2.05, 4.69) is 20.4 Å². The molecule has 0 saturated carbocycles. The molecule has 20 heavy (non-hydrogen) atoms. The molecule has 108 valence electrons. The highest BCUT2D eigenvalue weighted by atomic mass is 32.2. The second kappa shape index (κ2) is 6.02. The number of hydrogen-bond acceptors (Lipinski definition) is 5. The zero-order valence-corrected chi connectivity index (χ0v) is 12.2. The Hall–Kier alpha value is -1.93. The zero-order chi connectivity index (χ0) is 14.6. The van der Waals surface area contributed by atoms with E-state index in [0.717, 1.165) is 11.4 Å². The number of aromatic nitrogens is 3. The van der Waals surface area contributed by atoms with Gasteiger partial charge in [0.1, 0.15) is 5.69 Å². The lowest BCUT2D eigenvalue weighted by Gasteiger charge is -2.07. The molecule has 0 aliphatic rings. The zero-order valence-electron chi connectivity index (χ0n) is 11.4. The third-order valence-corrected chi connectivity index (χ3v) is 4.18. The van der Waals surface area contributed by atoms with Gasteiger partial charge in [-0.15, -0.1) is 5.10 Å². The highest BCUT2D eigenvalue weighted by Gasteiger charge is 2.11. The van der Waals surface area contributed by atoms with Crippen molar-refractivity contribution < 1.29 is 8.42 Å². The summed E-state index contributed by atoms with van der Waals surface area (Å²) in [6.07, 6.45) is 1.82. The summed E-state index contributed by atoms with van der Waals surface area (Å²) in [6.45, 7) is 2.65. The molecule has 7 nitrogen and oxygen atoms in total. The Bertz CT molecular complexity index is 663. The van der Waals surface area contributed by atoms with Crippen LogP contribution in [0.5, 0.6) is 0 Å². The van der Waals surface area contributed by atoms with Crippen LogP contribution in [-0.4, -0.2) is 30.0 Å². The number of anilines is 1. The Morgan fingerprint density at radius 1 is 1.25 bits per heavy atom. The summed E-state index contributed by atoms with van der Waals surface area (Å²) in [5.74, 6) is 0. The topological polar surface area (TPSA) is 88.9 Å². The molecule has 0 amide bonds. The van der Waals surface area contributed by atoms with Crippen molar-refractivity contribution in [2.75, 3.05) is 11.9 Å². The van der Waals surface area contributed by atoms with Gasteiger partial charge in [0.25, 0.3) is 0 Å². The van der Waals surface area contributed by atoms with Crippen LogP contribution in [0.3, 0.4) is 0 Å². The Kier molecular flexibility index (Phi) is 4.35. The van der Waals surface area contributed by atoms with Gasteiger partial charge >= 0.3 is 0 Å². The van der Waals surface area contributed by atoms with Crippen molar-refractivity contribution in [3.8, 4) is 0 Å². The number of sulfonamides is 1. The van der Waals surface area contributed by atoms with Crippen molar-refractivity contribution >= 4 is 15.7 Å². The van der Waals surface area contributed by atoms with Crippen LogP contribution in [0, 0.1) is 0 Å². The first-order valence-corrected chi connectivity index (χ1v) is 7.68. The predicted octanol–water partition coefficient (Wildman–Crippen LogP) is 0.725. The Morgan fingerprint density at radius 2 is 1.95 bits per heavy atom. The van der Waals surface area contributed by atoms with E-state index in [0.29, 0.717) is 13.1 Å². The molecule has 0 radical (unpaired) electrons. The predicted molar refractivity (Wildman–Crippen MR) is 75.6 cm³/mol. The molecule has 0 bridgehead atoms. The van der Waals surface area contributed by atoms with E-state index >= 15 is 0 Å². The fraction of sp³-hybridized carbons (Fsp3) is 0.333. The van der Waals surface area contributed by atoms with Crippen LogP contribution in [0.2, 0.25) is 0 Å². The quantitative estimate of drug-likeness (QED) is 0.820. The van der Waals surface area contributed by atoms with Gasteiger partial charge < -0.3 is 5.32 Å². The third-order valence-electron chi connectivity index (χ3n) is 2.62. The smallest absolute Gasteiger partial charge is 0.240 e. The normalized spacial score (nSPS) is 11.5. The highest BCUT2D eigenvalue weighted by molar-refractivity contribution is 7.89. The van der Waals surface area contributed by atoms with Gasteiger partial charge in [-0.05, 0) is 24.3 Å². The van der Waals surface area contributed by atoms with E-state index in [1.165, 1.54) is 0 Å². The van der Waals surface area contributed by atoms with Gasteiger partial charge in [0, 0.05) is 25.5 Å². The Labute approximate surface area is 118 Å².